The number of alkyl halides is 3. The van der Waals surface area contributed by atoms with Crippen molar-refractivity contribution >= 4 is 33.0 Å². The van der Waals surface area contributed by atoms with Crippen LogP contribution in [-0.4, -0.2) is 34.2 Å². The molecule has 13 heteroatoms. The first-order valence-corrected chi connectivity index (χ1v) is 10.9. The molecule has 0 saturated heterocycles. The van der Waals surface area contributed by atoms with Crippen LogP contribution in [0.4, 0.5) is 18.9 Å². The van der Waals surface area contributed by atoms with Crippen LogP contribution in [0.5, 0.6) is 0 Å². The molecule has 3 heterocycles. The molecule has 31 heavy (non-hydrogen) atoms. The van der Waals surface area contributed by atoms with Crippen molar-refractivity contribution in [3.8, 4) is 23.0 Å². The Hall–Kier alpha value is -3.12. The Morgan fingerprint density at radius 2 is 1.90 bits per heavy atom. The minimum absolute atomic E-state index is 0.0145. The van der Waals surface area contributed by atoms with Gasteiger partial charge in [-0.3, -0.25) is 4.72 Å². The van der Waals surface area contributed by atoms with Crippen LogP contribution in [0.25, 0.3) is 28.6 Å². The van der Waals surface area contributed by atoms with Crippen LogP contribution >= 0.6 is 11.6 Å². The number of pyridine rings is 1. The zero-order chi connectivity index (χ0) is 22.6. The summed E-state index contributed by atoms with van der Waals surface area (Å²) in [5, 5.41) is 3.70. The first-order chi connectivity index (χ1) is 14.4. The van der Waals surface area contributed by atoms with Gasteiger partial charge in [0.2, 0.25) is 15.8 Å². The van der Waals surface area contributed by atoms with Gasteiger partial charge in [0, 0.05) is 18.0 Å². The van der Waals surface area contributed by atoms with E-state index in [9.17, 15) is 21.6 Å². The summed E-state index contributed by atoms with van der Waals surface area (Å²) in [4.78, 5) is 8.41. The fourth-order valence-corrected chi connectivity index (χ4v) is 3.76. The van der Waals surface area contributed by atoms with Gasteiger partial charge >= 0.3 is 6.18 Å². The molecule has 0 bridgehead atoms. The van der Waals surface area contributed by atoms with E-state index in [1.807, 2.05) is 0 Å². The van der Waals surface area contributed by atoms with E-state index in [1.165, 1.54) is 6.20 Å². The van der Waals surface area contributed by atoms with Gasteiger partial charge in [-0.25, -0.2) is 13.4 Å². The average molecular weight is 472 g/mol. The Morgan fingerprint density at radius 1 is 1.16 bits per heavy atom. The summed E-state index contributed by atoms with van der Waals surface area (Å²) < 4.78 is 70.6. The number of fused-ring (bicyclic) bond motifs is 1. The normalized spacial score (nSPS) is 12.5. The predicted octanol–water partition coefficient (Wildman–Crippen LogP) is 4.40. The molecule has 0 spiro atoms. The second-order valence-electron chi connectivity index (χ2n) is 6.76. The zero-order valence-corrected chi connectivity index (χ0v) is 17.5. The number of nitrogens with one attached hydrogen (secondary N) is 1. The second kappa shape index (κ2) is 7.24. The summed E-state index contributed by atoms with van der Waals surface area (Å²) >= 11 is 5.95. The van der Waals surface area contributed by atoms with Crippen molar-refractivity contribution in [2.75, 3.05) is 11.0 Å². The molecule has 0 aliphatic heterocycles. The molecular formula is C18H13ClF3N5O3S. The van der Waals surface area contributed by atoms with Crippen molar-refractivity contribution in [2.24, 2.45) is 0 Å². The van der Waals surface area contributed by atoms with Crippen molar-refractivity contribution in [3.63, 3.8) is 0 Å². The number of benzene rings is 1. The zero-order valence-electron chi connectivity index (χ0n) is 15.9. The topological polar surface area (TPSA) is 102 Å². The molecule has 1 N–H and O–H groups in total. The Balaban J connectivity index is 1.68. The van der Waals surface area contributed by atoms with Crippen LogP contribution in [0.1, 0.15) is 11.1 Å². The molecule has 0 amide bonds. The summed E-state index contributed by atoms with van der Waals surface area (Å²) in [6, 6.07) is 5.62. The Labute approximate surface area is 178 Å². The van der Waals surface area contributed by atoms with Crippen molar-refractivity contribution in [3.05, 3.63) is 52.8 Å². The van der Waals surface area contributed by atoms with Gasteiger partial charge in [0.25, 0.3) is 5.89 Å². The molecule has 0 radical (unpaired) electrons. The lowest BCUT2D eigenvalue weighted by Gasteiger charge is -2.08. The van der Waals surface area contributed by atoms with Crippen molar-refractivity contribution in [1.82, 2.24) is 19.5 Å². The molecule has 162 valence electrons. The van der Waals surface area contributed by atoms with E-state index in [4.69, 9.17) is 16.1 Å². The second-order valence-corrected chi connectivity index (χ2v) is 8.91. The first kappa shape index (κ1) is 21.1. The monoisotopic (exact) mass is 471 g/mol. The van der Waals surface area contributed by atoms with Crippen LogP contribution in [0, 0.1) is 6.92 Å². The van der Waals surface area contributed by atoms with Gasteiger partial charge in [-0.2, -0.15) is 18.2 Å². The maximum atomic E-state index is 13.0. The molecule has 0 aliphatic rings. The molecule has 3 aromatic heterocycles. The van der Waals surface area contributed by atoms with Gasteiger partial charge in [0.1, 0.15) is 5.69 Å². The van der Waals surface area contributed by atoms with Crippen LogP contribution in [0.15, 0.2) is 41.2 Å². The molecule has 0 unspecified atom stereocenters. The lowest BCUT2D eigenvalue weighted by Crippen LogP contribution is -2.10. The number of aromatic nitrogens is 4. The summed E-state index contributed by atoms with van der Waals surface area (Å²) in [6.07, 6.45) is -1.34. The third-order valence-corrected chi connectivity index (χ3v) is 5.13. The Bertz CT molecular complexity index is 1410. The average Bonchev–Trinajstić information content (AvgIpc) is 3.28. The van der Waals surface area contributed by atoms with E-state index in [1.54, 1.807) is 25.1 Å². The van der Waals surface area contributed by atoms with E-state index in [0.29, 0.717) is 16.8 Å². The van der Waals surface area contributed by atoms with Gasteiger partial charge in [-0.1, -0.05) is 16.8 Å². The standard InChI is InChI=1S/C18H13ClF3N5O3S/c1-9-5-10(3-4-13(9)26-31(2,28)29)15-24-17(30-25-15)14-8-27-7-11(18(20,21)22)6-12(19)16(27)23-14/h3-8,26H,1-2H3. The van der Waals surface area contributed by atoms with Crippen molar-refractivity contribution < 1.29 is 26.1 Å². The maximum absolute atomic E-state index is 13.0. The molecule has 1 aromatic carbocycles. The number of hydrogen-bond acceptors (Lipinski definition) is 6. The van der Waals surface area contributed by atoms with Crippen molar-refractivity contribution in [1.29, 1.82) is 0 Å². The smallest absolute Gasteiger partial charge is 0.332 e. The first-order valence-electron chi connectivity index (χ1n) is 8.59. The number of hydrogen-bond donors (Lipinski definition) is 1. The Morgan fingerprint density at radius 3 is 2.55 bits per heavy atom. The maximum Gasteiger partial charge on any atom is 0.417 e. The van der Waals surface area contributed by atoms with Gasteiger partial charge < -0.3 is 8.92 Å². The third kappa shape index (κ3) is 4.35. The van der Waals surface area contributed by atoms with Gasteiger partial charge in [0.15, 0.2) is 5.65 Å². The molecule has 0 saturated carbocycles. The largest absolute Gasteiger partial charge is 0.417 e. The van der Waals surface area contributed by atoms with Gasteiger partial charge in [-0.05, 0) is 36.8 Å². The number of imidazole rings is 1. The predicted molar refractivity (Wildman–Crippen MR) is 107 cm³/mol. The van der Waals surface area contributed by atoms with E-state index in [-0.39, 0.29) is 28.1 Å². The van der Waals surface area contributed by atoms with E-state index < -0.39 is 21.8 Å². The molecule has 0 fully saturated rings. The third-order valence-electron chi connectivity index (χ3n) is 4.26. The van der Waals surface area contributed by atoms with E-state index in [0.717, 1.165) is 22.9 Å². The Kier molecular flexibility index (Phi) is 4.93. The number of nitrogens with zero attached hydrogens (tertiary/aromatic N) is 4. The van der Waals surface area contributed by atoms with Gasteiger partial charge in [0.05, 0.1) is 22.5 Å². The lowest BCUT2D eigenvalue weighted by molar-refractivity contribution is -0.137. The SMILES string of the molecule is Cc1cc(-c2noc(-c3cn4cc(C(F)(F)F)cc(Cl)c4n3)n2)ccc1NS(C)(=O)=O. The van der Waals surface area contributed by atoms with E-state index >= 15 is 0 Å². The van der Waals surface area contributed by atoms with Gasteiger partial charge in [-0.15, -0.1) is 0 Å². The highest BCUT2D eigenvalue weighted by molar-refractivity contribution is 7.92. The molecule has 0 atom stereocenters. The molecule has 0 aliphatic carbocycles. The molecule has 8 nitrogen and oxygen atoms in total. The number of rotatable bonds is 4. The number of halogens is 4. The summed E-state index contributed by atoms with van der Waals surface area (Å²) in [6.45, 7) is 1.71. The van der Waals surface area contributed by atoms with Crippen LogP contribution in [0.3, 0.4) is 0 Å². The fraction of sp³-hybridized carbons (Fsp3) is 0.167. The molecular weight excluding hydrogens is 459 g/mol. The minimum Gasteiger partial charge on any atom is -0.332 e. The highest BCUT2D eigenvalue weighted by atomic mass is 35.5. The summed E-state index contributed by atoms with van der Waals surface area (Å²) in [5.74, 6) is 0.183. The highest BCUT2D eigenvalue weighted by Crippen LogP contribution is 2.33. The lowest BCUT2D eigenvalue weighted by atomic mass is 10.1. The number of anilines is 1. The van der Waals surface area contributed by atoms with E-state index in [2.05, 4.69) is 19.8 Å². The fourth-order valence-electron chi connectivity index (χ4n) is 2.88. The minimum atomic E-state index is -4.56. The number of sulfonamides is 1. The molecule has 4 aromatic rings. The quantitative estimate of drug-likeness (QED) is 0.473. The number of aryl methyl sites for hydroxylation is 1. The summed E-state index contributed by atoms with van der Waals surface area (Å²) in [7, 11) is -3.43. The van der Waals surface area contributed by atoms with Crippen LogP contribution in [-0.2, 0) is 16.2 Å². The molecule has 4 rings (SSSR count). The summed E-state index contributed by atoms with van der Waals surface area (Å²) in [5.41, 5.74) is 0.925. The van der Waals surface area contributed by atoms with Crippen molar-refractivity contribution in [2.45, 2.75) is 13.1 Å². The van der Waals surface area contributed by atoms with Crippen LogP contribution < -0.4 is 4.72 Å². The van der Waals surface area contributed by atoms with Crippen LogP contribution in [0.2, 0.25) is 5.02 Å². The highest BCUT2D eigenvalue weighted by Gasteiger charge is 2.32.